The number of hydrogen-bond donors (Lipinski definition) is 1. The van der Waals surface area contributed by atoms with Crippen LogP contribution in [0.3, 0.4) is 0 Å². The Labute approximate surface area is 132 Å². The summed E-state index contributed by atoms with van der Waals surface area (Å²) in [5.74, 6) is 0. The first-order valence-electron chi connectivity index (χ1n) is 6.58. The third kappa shape index (κ3) is 3.16. The molecule has 4 nitrogen and oxygen atoms in total. The second-order valence-corrected chi connectivity index (χ2v) is 6.42. The summed E-state index contributed by atoms with van der Waals surface area (Å²) < 4.78 is 17.5. The number of anilines is 1. The third-order valence-electron chi connectivity index (χ3n) is 3.57. The third-order valence-corrected chi connectivity index (χ3v) is 4.48. The van der Waals surface area contributed by atoms with Crippen LogP contribution < -0.4 is 4.90 Å². The average molecular weight is 367 g/mol. The Morgan fingerprint density at radius 3 is 2.62 bits per heavy atom. The Balaban J connectivity index is 2.00. The van der Waals surface area contributed by atoms with Crippen LogP contribution in [0.1, 0.15) is 17.4 Å². The molecule has 1 aliphatic rings. The van der Waals surface area contributed by atoms with Gasteiger partial charge in [-0.05, 0) is 36.2 Å². The van der Waals surface area contributed by atoms with Crippen LogP contribution in [-0.2, 0) is 15.5 Å². The Bertz CT molecular complexity index is 662. The van der Waals surface area contributed by atoms with Gasteiger partial charge in [0, 0.05) is 26.8 Å². The predicted octanol–water partition coefficient (Wildman–Crippen LogP) is 4.18. The molecule has 0 aliphatic carbocycles. The van der Waals surface area contributed by atoms with Gasteiger partial charge in [0.2, 0.25) is 6.23 Å². The number of halogens is 1. The summed E-state index contributed by atoms with van der Waals surface area (Å²) in [6.07, 6.45) is 0.346. The maximum Gasteiger partial charge on any atom is 0.697 e. The van der Waals surface area contributed by atoms with Crippen LogP contribution in [0.4, 0.5) is 5.69 Å². The highest BCUT2D eigenvalue weighted by molar-refractivity contribution is 9.10. The van der Waals surface area contributed by atoms with Gasteiger partial charge in [0.25, 0.3) is 0 Å². The maximum absolute atomic E-state index is 11.2. The predicted molar refractivity (Wildman–Crippen MR) is 85.3 cm³/mol. The Morgan fingerprint density at radius 2 is 1.90 bits per heavy atom. The van der Waals surface area contributed by atoms with Crippen molar-refractivity contribution in [2.24, 2.45) is 0 Å². The summed E-state index contributed by atoms with van der Waals surface area (Å²) in [7, 11) is -2.67. The molecule has 21 heavy (non-hydrogen) atoms. The molecule has 2 aromatic carbocycles. The molecule has 0 aromatic heterocycles. The Kier molecular flexibility index (Phi) is 4.36. The quantitative estimate of drug-likeness (QED) is 0.828. The van der Waals surface area contributed by atoms with Gasteiger partial charge in [0.15, 0.2) is 0 Å². The number of hydrogen-bond acceptors (Lipinski definition) is 3. The lowest BCUT2D eigenvalue weighted by atomic mass is 9.98. The second kappa shape index (κ2) is 6.24. The molecular weight excluding hydrogens is 353 g/mol. The van der Waals surface area contributed by atoms with Crippen LogP contribution in [0.25, 0.3) is 0 Å². The van der Waals surface area contributed by atoms with Crippen molar-refractivity contribution >= 4 is 29.9 Å². The molecule has 2 aromatic rings. The minimum atomic E-state index is -2.67. The van der Waals surface area contributed by atoms with E-state index in [1.165, 1.54) is 0 Å². The molecular formula is C15H14BrNO3P+. The highest BCUT2D eigenvalue weighted by Gasteiger charge is 2.35. The van der Waals surface area contributed by atoms with Gasteiger partial charge in [-0.2, -0.15) is 0 Å². The van der Waals surface area contributed by atoms with Gasteiger partial charge in [0.05, 0.1) is 0 Å². The lowest BCUT2D eigenvalue weighted by Crippen LogP contribution is -2.36. The van der Waals surface area contributed by atoms with Crippen molar-refractivity contribution < 1.29 is 14.0 Å². The SMILES string of the molecule is O=[P+](O)O[C@H]1c2ccccc2CCN1c1ccc(Br)cc1. The van der Waals surface area contributed by atoms with E-state index in [-0.39, 0.29) is 0 Å². The molecule has 0 bridgehead atoms. The number of nitrogens with zero attached hydrogens (tertiary/aromatic N) is 1. The molecule has 6 heteroatoms. The highest BCUT2D eigenvalue weighted by atomic mass is 79.9. The Hall–Kier alpha value is -1.26. The number of rotatable bonds is 3. The minimum absolute atomic E-state index is 0.537. The smallest absolute Gasteiger partial charge is 0.338 e. The van der Waals surface area contributed by atoms with Crippen LogP contribution >= 0.6 is 24.2 Å². The van der Waals surface area contributed by atoms with E-state index in [9.17, 15) is 9.46 Å². The van der Waals surface area contributed by atoms with Crippen LogP contribution in [0.15, 0.2) is 53.0 Å². The van der Waals surface area contributed by atoms with Crippen LogP contribution in [0.2, 0.25) is 0 Å². The van der Waals surface area contributed by atoms with Crippen LogP contribution in [0, 0.1) is 0 Å². The van der Waals surface area contributed by atoms with E-state index in [1.807, 2.05) is 53.4 Å². The molecule has 1 unspecified atom stereocenters. The molecule has 0 amide bonds. The maximum atomic E-state index is 11.2. The average Bonchev–Trinajstić information content (AvgIpc) is 2.48. The zero-order chi connectivity index (χ0) is 14.8. The van der Waals surface area contributed by atoms with Crippen molar-refractivity contribution in [2.45, 2.75) is 12.6 Å². The Morgan fingerprint density at radius 1 is 1.19 bits per heavy atom. The van der Waals surface area contributed by atoms with Crippen LogP contribution in [0.5, 0.6) is 0 Å². The molecule has 3 rings (SSSR count). The van der Waals surface area contributed by atoms with Crippen molar-refractivity contribution in [3.63, 3.8) is 0 Å². The fourth-order valence-corrected chi connectivity index (χ4v) is 3.29. The van der Waals surface area contributed by atoms with Gasteiger partial charge in [-0.25, -0.2) is 0 Å². The van der Waals surface area contributed by atoms with Crippen molar-refractivity contribution in [1.29, 1.82) is 0 Å². The molecule has 0 saturated heterocycles. The molecule has 1 aliphatic heterocycles. The molecule has 108 valence electrons. The molecule has 0 saturated carbocycles. The van der Waals surface area contributed by atoms with Gasteiger partial charge in [-0.15, -0.1) is 4.89 Å². The number of benzene rings is 2. The van der Waals surface area contributed by atoms with Crippen molar-refractivity contribution in [2.75, 3.05) is 11.4 Å². The molecule has 1 N–H and O–H groups in total. The standard InChI is InChI=1S/C15H13BrNO3P/c16-12-5-7-13(8-6-12)17-10-9-11-3-1-2-4-14(11)15(17)20-21(18)19/h1-8,15H,9-10H2/p+1/t15-/m0/s1. The monoisotopic (exact) mass is 366 g/mol. The van der Waals surface area contributed by atoms with E-state index in [0.717, 1.165) is 34.3 Å². The zero-order valence-electron chi connectivity index (χ0n) is 11.1. The minimum Gasteiger partial charge on any atom is -0.338 e. The van der Waals surface area contributed by atoms with E-state index >= 15 is 0 Å². The van der Waals surface area contributed by atoms with Gasteiger partial charge >= 0.3 is 8.25 Å². The first-order valence-corrected chi connectivity index (χ1v) is 8.50. The van der Waals surface area contributed by atoms with E-state index in [1.54, 1.807) is 0 Å². The molecule has 2 atom stereocenters. The van der Waals surface area contributed by atoms with Crippen molar-refractivity contribution in [3.05, 3.63) is 64.1 Å². The molecule has 0 radical (unpaired) electrons. The van der Waals surface area contributed by atoms with Gasteiger partial charge in [0.1, 0.15) is 0 Å². The van der Waals surface area contributed by atoms with E-state index in [0.29, 0.717) is 0 Å². The second-order valence-electron chi connectivity index (χ2n) is 4.81. The summed E-state index contributed by atoms with van der Waals surface area (Å²) in [6, 6.07) is 15.7. The molecule has 1 heterocycles. The summed E-state index contributed by atoms with van der Waals surface area (Å²) in [4.78, 5) is 11.2. The topological polar surface area (TPSA) is 49.8 Å². The fourth-order valence-electron chi connectivity index (χ4n) is 2.62. The van der Waals surface area contributed by atoms with E-state index in [4.69, 9.17) is 4.52 Å². The van der Waals surface area contributed by atoms with Crippen molar-refractivity contribution in [1.82, 2.24) is 0 Å². The lowest BCUT2D eigenvalue weighted by Gasteiger charge is -2.35. The summed E-state index contributed by atoms with van der Waals surface area (Å²) in [5.41, 5.74) is 3.08. The van der Waals surface area contributed by atoms with Gasteiger partial charge in [-0.1, -0.05) is 44.7 Å². The zero-order valence-corrected chi connectivity index (χ0v) is 13.6. The normalized spacial score (nSPS) is 18.3. The summed E-state index contributed by atoms with van der Waals surface area (Å²) in [6.45, 7) is 0.743. The van der Waals surface area contributed by atoms with Crippen molar-refractivity contribution in [3.8, 4) is 0 Å². The summed E-state index contributed by atoms with van der Waals surface area (Å²) >= 11 is 3.41. The van der Waals surface area contributed by atoms with Crippen LogP contribution in [-0.4, -0.2) is 11.4 Å². The van der Waals surface area contributed by atoms with E-state index < -0.39 is 14.5 Å². The first-order chi connectivity index (χ1) is 10.1. The van der Waals surface area contributed by atoms with E-state index in [2.05, 4.69) is 15.9 Å². The summed E-state index contributed by atoms with van der Waals surface area (Å²) in [5, 5.41) is 0. The van der Waals surface area contributed by atoms with Gasteiger partial charge in [-0.3, -0.25) is 0 Å². The number of fused-ring (bicyclic) bond motifs is 1. The largest absolute Gasteiger partial charge is 0.697 e. The van der Waals surface area contributed by atoms with Gasteiger partial charge < -0.3 is 4.90 Å². The molecule has 0 fully saturated rings. The first kappa shape index (κ1) is 14.7. The highest BCUT2D eigenvalue weighted by Crippen LogP contribution is 2.39. The fraction of sp³-hybridized carbons (Fsp3) is 0.200. The molecule has 0 spiro atoms. The lowest BCUT2D eigenvalue weighted by molar-refractivity contribution is 0.179.